The molecule has 0 saturated heterocycles. The van der Waals surface area contributed by atoms with Gasteiger partial charge in [-0.25, -0.2) is 0 Å². The van der Waals surface area contributed by atoms with Gasteiger partial charge in [0.2, 0.25) is 11.4 Å². The molecule has 140 valence electrons. The van der Waals surface area contributed by atoms with E-state index in [4.69, 9.17) is 25.8 Å². The summed E-state index contributed by atoms with van der Waals surface area (Å²) in [5, 5.41) is 0.192. The number of methoxy groups -OCH3 is 2. The lowest BCUT2D eigenvalue weighted by Gasteiger charge is -2.37. The van der Waals surface area contributed by atoms with Gasteiger partial charge < -0.3 is 14.2 Å². The predicted octanol–water partition coefficient (Wildman–Crippen LogP) is 3.75. The Morgan fingerprint density at radius 1 is 1.22 bits per heavy atom. The van der Waals surface area contributed by atoms with E-state index in [0.29, 0.717) is 28.5 Å². The number of pyridine rings is 1. The van der Waals surface area contributed by atoms with Crippen LogP contribution >= 0.6 is 11.6 Å². The molecule has 0 bridgehead atoms. The van der Waals surface area contributed by atoms with Crippen molar-refractivity contribution in [2.75, 3.05) is 14.2 Å². The molecule has 1 spiro atoms. The minimum absolute atomic E-state index is 0.0568. The molecule has 0 radical (unpaired) electrons. The molecule has 2 aliphatic rings. The molecule has 1 aromatic carbocycles. The standard InChI is InChI=1S/C20H18ClNO5/c1-9-7-12(23)11-6-5-10(2)22-18(11)20(9)19(24)15-13(25-3)8-14(26-4)16(21)17(15)27-20/h5-6,8-9H,7H2,1-4H3. The second kappa shape index (κ2) is 5.96. The Kier molecular flexibility index (Phi) is 3.93. The number of halogens is 1. The van der Waals surface area contributed by atoms with Crippen LogP contribution in [0.2, 0.25) is 5.02 Å². The number of aryl methyl sites for hydroxylation is 1. The lowest BCUT2D eigenvalue weighted by atomic mass is 9.71. The quantitative estimate of drug-likeness (QED) is 0.781. The fraction of sp³-hybridized carbons (Fsp3) is 0.350. The monoisotopic (exact) mass is 387 g/mol. The molecule has 6 nitrogen and oxygen atoms in total. The molecule has 4 rings (SSSR count). The minimum Gasteiger partial charge on any atom is -0.496 e. The number of benzene rings is 1. The van der Waals surface area contributed by atoms with Gasteiger partial charge in [0, 0.05) is 29.7 Å². The topological polar surface area (TPSA) is 74.7 Å². The zero-order chi connectivity index (χ0) is 19.5. The third-order valence-corrected chi connectivity index (χ3v) is 5.65. The third-order valence-electron chi connectivity index (χ3n) is 5.29. The Morgan fingerprint density at radius 3 is 2.59 bits per heavy atom. The van der Waals surface area contributed by atoms with E-state index in [1.165, 1.54) is 14.2 Å². The highest BCUT2D eigenvalue weighted by Gasteiger charge is 2.60. The van der Waals surface area contributed by atoms with E-state index in [0.717, 1.165) is 0 Å². The number of carbonyl (C=O) groups is 2. The Morgan fingerprint density at radius 2 is 1.93 bits per heavy atom. The second-order valence-electron chi connectivity index (χ2n) is 6.84. The van der Waals surface area contributed by atoms with Gasteiger partial charge in [-0.3, -0.25) is 14.6 Å². The van der Waals surface area contributed by atoms with E-state index in [1.54, 1.807) is 25.1 Å². The van der Waals surface area contributed by atoms with Crippen molar-refractivity contribution < 1.29 is 23.8 Å². The van der Waals surface area contributed by atoms with Crippen LogP contribution in [-0.2, 0) is 5.60 Å². The first-order valence-corrected chi connectivity index (χ1v) is 8.92. The zero-order valence-electron chi connectivity index (χ0n) is 15.4. The molecule has 1 aromatic heterocycles. The molecule has 1 aliphatic heterocycles. The molecule has 0 fully saturated rings. The highest BCUT2D eigenvalue weighted by Crippen LogP contribution is 2.56. The van der Waals surface area contributed by atoms with E-state index in [-0.39, 0.29) is 34.3 Å². The van der Waals surface area contributed by atoms with Gasteiger partial charge in [0.05, 0.1) is 14.2 Å². The van der Waals surface area contributed by atoms with Crippen LogP contribution in [0.4, 0.5) is 0 Å². The summed E-state index contributed by atoms with van der Waals surface area (Å²) in [5.74, 6) is 0.0733. The summed E-state index contributed by atoms with van der Waals surface area (Å²) in [6.45, 7) is 3.62. The van der Waals surface area contributed by atoms with Gasteiger partial charge in [-0.2, -0.15) is 0 Å². The van der Waals surface area contributed by atoms with Gasteiger partial charge in [-0.05, 0) is 19.1 Å². The molecule has 0 saturated carbocycles. The fourth-order valence-electron chi connectivity index (χ4n) is 3.91. The van der Waals surface area contributed by atoms with Crippen molar-refractivity contribution in [2.45, 2.75) is 25.9 Å². The van der Waals surface area contributed by atoms with Gasteiger partial charge in [0.1, 0.15) is 27.8 Å². The fourth-order valence-corrected chi connectivity index (χ4v) is 4.18. The van der Waals surface area contributed by atoms with Crippen molar-refractivity contribution in [2.24, 2.45) is 5.92 Å². The number of carbonyl (C=O) groups excluding carboxylic acids is 2. The summed E-state index contributed by atoms with van der Waals surface area (Å²) < 4.78 is 16.9. The number of hydrogen-bond donors (Lipinski definition) is 0. The molecule has 0 amide bonds. The summed E-state index contributed by atoms with van der Waals surface area (Å²) in [5.41, 5.74) is 0.268. The molecule has 0 N–H and O–H groups in total. The van der Waals surface area contributed by atoms with E-state index in [2.05, 4.69) is 4.98 Å². The summed E-state index contributed by atoms with van der Waals surface area (Å²) in [4.78, 5) is 30.7. The molecule has 2 unspecified atom stereocenters. The minimum atomic E-state index is -1.42. The van der Waals surface area contributed by atoms with E-state index < -0.39 is 11.5 Å². The van der Waals surface area contributed by atoms with Crippen molar-refractivity contribution >= 4 is 23.2 Å². The largest absolute Gasteiger partial charge is 0.496 e. The average Bonchev–Trinajstić information content (AvgIpc) is 2.96. The van der Waals surface area contributed by atoms with E-state index >= 15 is 0 Å². The number of ether oxygens (including phenoxy) is 3. The lowest BCUT2D eigenvalue weighted by molar-refractivity contribution is 0.0192. The number of rotatable bonds is 2. The Labute approximate surface area is 161 Å². The van der Waals surface area contributed by atoms with Crippen LogP contribution < -0.4 is 14.2 Å². The number of nitrogens with zero attached hydrogens (tertiary/aromatic N) is 1. The van der Waals surface area contributed by atoms with Gasteiger partial charge in [-0.15, -0.1) is 0 Å². The Hall–Kier alpha value is -2.60. The SMILES string of the molecule is COc1cc(OC)c2c(c1Cl)OC1(C2=O)c2nc(C)ccc2C(=O)CC1C. The Balaban J connectivity index is 2.02. The number of hydrogen-bond acceptors (Lipinski definition) is 6. The van der Waals surface area contributed by atoms with Gasteiger partial charge >= 0.3 is 0 Å². The summed E-state index contributed by atoms with van der Waals surface area (Å²) in [6, 6.07) is 5.01. The van der Waals surface area contributed by atoms with Crippen LogP contribution in [-0.4, -0.2) is 30.8 Å². The first kappa shape index (κ1) is 17.8. The van der Waals surface area contributed by atoms with Crippen LogP contribution in [0.5, 0.6) is 17.2 Å². The molecule has 2 aromatic rings. The summed E-state index contributed by atoms with van der Waals surface area (Å²) >= 11 is 6.44. The van der Waals surface area contributed by atoms with Gasteiger partial charge in [-0.1, -0.05) is 18.5 Å². The molecular weight excluding hydrogens is 370 g/mol. The summed E-state index contributed by atoms with van der Waals surface area (Å²) in [7, 11) is 2.94. The van der Waals surface area contributed by atoms with Crippen molar-refractivity contribution in [1.29, 1.82) is 0 Å². The summed E-state index contributed by atoms with van der Waals surface area (Å²) in [6.07, 6.45) is 0.175. The third kappa shape index (κ3) is 2.22. The normalized spacial score (nSPS) is 23.1. The maximum absolute atomic E-state index is 13.6. The second-order valence-corrected chi connectivity index (χ2v) is 7.22. The molecule has 2 atom stereocenters. The highest BCUT2D eigenvalue weighted by molar-refractivity contribution is 6.35. The number of fused-ring (bicyclic) bond motifs is 3. The predicted molar refractivity (Wildman–Crippen MR) is 98.3 cm³/mol. The maximum Gasteiger partial charge on any atom is 0.220 e. The van der Waals surface area contributed by atoms with Crippen LogP contribution in [0.15, 0.2) is 18.2 Å². The Bertz CT molecular complexity index is 1000. The lowest BCUT2D eigenvalue weighted by Crippen LogP contribution is -2.49. The number of Topliss-reactive ketones (excluding diaryl/α,β-unsaturated/α-hetero) is 2. The van der Waals surface area contributed by atoms with Crippen molar-refractivity contribution in [3.05, 3.63) is 45.7 Å². The van der Waals surface area contributed by atoms with Gasteiger partial charge in [0.25, 0.3) is 0 Å². The van der Waals surface area contributed by atoms with Crippen molar-refractivity contribution in [3.63, 3.8) is 0 Å². The van der Waals surface area contributed by atoms with Crippen LogP contribution in [0, 0.1) is 12.8 Å². The van der Waals surface area contributed by atoms with E-state index in [9.17, 15) is 9.59 Å². The van der Waals surface area contributed by atoms with Gasteiger partial charge in [0.15, 0.2) is 11.5 Å². The average molecular weight is 388 g/mol. The molecular formula is C20H18ClNO5. The zero-order valence-corrected chi connectivity index (χ0v) is 16.1. The van der Waals surface area contributed by atoms with Crippen LogP contribution in [0.3, 0.4) is 0 Å². The van der Waals surface area contributed by atoms with Crippen LogP contribution in [0.25, 0.3) is 0 Å². The smallest absolute Gasteiger partial charge is 0.220 e. The highest BCUT2D eigenvalue weighted by atomic mass is 35.5. The molecule has 1 aliphatic carbocycles. The number of aromatic nitrogens is 1. The van der Waals surface area contributed by atoms with E-state index in [1.807, 2.05) is 6.92 Å². The molecule has 27 heavy (non-hydrogen) atoms. The van der Waals surface area contributed by atoms with Crippen LogP contribution in [0.1, 0.15) is 45.4 Å². The first-order chi connectivity index (χ1) is 12.8. The van der Waals surface area contributed by atoms with Crippen molar-refractivity contribution in [3.8, 4) is 17.2 Å². The first-order valence-electron chi connectivity index (χ1n) is 8.54. The number of ketones is 2. The maximum atomic E-state index is 13.6. The molecule has 2 heterocycles. The van der Waals surface area contributed by atoms with Crippen molar-refractivity contribution in [1.82, 2.24) is 4.98 Å². The molecule has 7 heteroatoms.